The predicted octanol–water partition coefficient (Wildman–Crippen LogP) is 3.53. The van der Waals surface area contributed by atoms with Gasteiger partial charge in [-0.2, -0.15) is 0 Å². The van der Waals surface area contributed by atoms with Gasteiger partial charge in [-0.3, -0.25) is 5.10 Å². The third kappa shape index (κ3) is 3.27. The number of benzene rings is 1. The van der Waals surface area contributed by atoms with Crippen molar-refractivity contribution < 1.29 is 9.84 Å². The van der Waals surface area contributed by atoms with Crippen molar-refractivity contribution in [3.63, 3.8) is 0 Å². The Morgan fingerprint density at radius 1 is 1.14 bits per heavy atom. The van der Waals surface area contributed by atoms with E-state index in [-0.39, 0.29) is 6.61 Å². The Hall–Kier alpha value is -1.81. The quantitative estimate of drug-likeness (QED) is 0.884. The molecule has 1 fully saturated rings. The Morgan fingerprint density at radius 2 is 1.90 bits per heavy atom. The van der Waals surface area contributed by atoms with E-state index in [4.69, 9.17) is 4.74 Å². The van der Waals surface area contributed by atoms with E-state index >= 15 is 0 Å². The summed E-state index contributed by atoms with van der Waals surface area (Å²) in [7, 11) is 0. The molecule has 3 rings (SSSR count). The molecule has 1 saturated carbocycles. The van der Waals surface area contributed by atoms with Gasteiger partial charge in [0.25, 0.3) is 0 Å². The average Bonchev–Trinajstić information content (AvgIpc) is 2.97. The molecule has 0 spiro atoms. The third-order valence-electron chi connectivity index (χ3n) is 4.25. The van der Waals surface area contributed by atoms with Crippen molar-refractivity contribution in [3.8, 4) is 5.88 Å². The van der Waals surface area contributed by atoms with Gasteiger partial charge >= 0.3 is 0 Å². The lowest BCUT2D eigenvalue weighted by Crippen LogP contribution is -2.07. The van der Waals surface area contributed by atoms with Gasteiger partial charge in [0.1, 0.15) is 6.61 Å². The zero-order valence-electron chi connectivity index (χ0n) is 12.2. The van der Waals surface area contributed by atoms with Gasteiger partial charge in [0.05, 0.1) is 12.2 Å². The lowest BCUT2D eigenvalue weighted by Gasteiger charge is -2.21. The maximum Gasteiger partial charge on any atom is 0.238 e. The van der Waals surface area contributed by atoms with Crippen LogP contribution in [0.2, 0.25) is 0 Å². The van der Waals surface area contributed by atoms with Crippen LogP contribution in [0.5, 0.6) is 5.88 Å². The van der Waals surface area contributed by atoms with E-state index in [0.717, 1.165) is 16.8 Å². The molecule has 1 aliphatic rings. The highest BCUT2D eigenvalue weighted by Crippen LogP contribution is 2.35. The molecule has 1 aromatic heterocycles. The van der Waals surface area contributed by atoms with Gasteiger partial charge in [-0.05, 0) is 18.4 Å². The summed E-state index contributed by atoms with van der Waals surface area (Å²) in [5.74, 6) is 1.03. The lowest BCUT2D eigenvalue weighted by atomic mass is 9.85. The van der Waals surface area contributed by atoms with Crippen molar-refractivity contribution in [2.45, 2.75) is 51.2 Å². The summed E-state index contributed by atoms with van der Waals surface area (Å²) in [5, 5.41) is 17.0. The molecule has 1 aromatic carbocycles. The fourth-order valence-electron chi connectivity index (χ4n) is 3.09. The first-order valence-electron chi connectivity index (χ1n) is 7.73. The largest absolute Gasteiger partial charge is 0.471 e. The molecular weight excluding hydrogens is 264 g/mol. The number of rotatable bonds is 5. The van der Waals surface area contributed by atoms with E-state index in [1.807, 2.05) is 30.3 Å². The highest BCUT2D eigenvalue weighted by molar-refractivity contribution is 5.32. The van der Waals surface area contributed by atoms with Crippen LogP contribution in [0, 0.1) is 0 Å². The molecule has 0 unspecified atom stereocenters. The maximum atomic E-state index is 9.68. The second-order valence-electron chi connectivity index (χ2n) is 5.69. The summed E-state index contributed by atoms with van der Waals surface area (Å²) in [5.41, 5.74) is 3.00. The van der Waals surface area contributed by atoms with E-state index < -0.39 is 0 Å². The van der Waals surface area contributed by atoms with E-state index in [9.17, 15) is 5.11 Å². The highest BCUT2D eigenvalue weighted by Gasteiger charge is 2.23. The molecule has 2 N–H and O–H groups in total. The number of H-pyrrole nitrogens is 1. The van der Waals surface area contributed by atoms with Crippen molar-refractivity contribution in [2.75, 3.05) is 0 Å². The zero-order valence-corrected chi connectivity index (χ0v) is 12.2. The van der Waals surface area contributed by atoms with Crippen LogP contribution in [0.3, 0.4) is 0 Å². The summed E-state index contributed by atoms with van der Waals surface area (Å²) in [6.45, 7) is 0.454. The van der Waals surface area contributed by atoms with Crippen molar-refractivity contribution in [1.82, 2.24) is 10.2 Å². The fourth-order valence-corrected chi connectivity index (χ4v) is 3.09. The van der Waals surface area contributed by atoms with E-state index in [1.54, 1.807) is 0 Å². The number of aliphatic hydroxyl groups is 1. The zero-order chi connectivity index (χ0) is 14.5. The minimum atomic E-state index is -0.0214. The first-order valence-corrected chi connectivity index (χ1v) is 7.73. The van der Waals surface area contributed by atoms with Crippen LogP contribution < -0.4 is 4.74 Å². The summed E-state index contributed by atoms with van der Waals surface area (Å²) < 4.78 is 5.78. The Morgan fingerprint density at radius 3 is 2.62 bits per heavy atom. The van der Waals surface area contributed by atoms with Gasteiger partial charge in [-0.15, -0.1) is 5.10 Å². The van der Waals surface area contributed by atoms with Gasteiger partial charge < -0.3 is 9.84 Å². The predicted molar refractivity (Wildman–Crippen MR) is 81.1 cm³/mol. The summed E-state index contributed by atoms with van der Waals surface area (Å²) in [4.78, 5) is 0. The van der Waals surface area contributed by atoms with Crippen molar-refractivity contribution in [3.05, 3.63) is 47.2 Å². The molecule has 1 aliphatic carbocycles. The molecular formula is C17H22N2O2. The SMILES string of the molecule is OCc1c(OCc2ccccc2)n[nH]c1C1CCCCC1. The van der Waals surface area contributed by atoms with Gasteiger partial charge in [0, 0.05) is 11.6 Å². The fraction of sp³-hybridized carbons (Fsp3) is 0.471. The number of aromatic amines is 1. The van der Waals surface area contributed by atoms with Crippen molar-refractivity contribution >= 4 is 0 Å². The Bertz CT molecular complexity index is 559. The van der Waals surface area contributed by atoms with E-state index in [2.05, 4.69) is 10.2 Å². The molecule has 0 atom stereocenters. The second-order valence-corrected chi connectivity index (χ2v) is 5.69. The van der Waals surface area contributed by atoms with Crippen LogP contribution in [0.25, 0.3) is 0 Å². The average molecular weight is 286 g/mol. The number of hydrogen-bond donors (Lipinski definition) is 2. The molecule has 4 heteroatoms. The minimum absolute atomic E-state index is 0.0214. The topological polar surface area (TPSA) is 58.1 Å². The van der Waals surface area contributed by atoms with E-state index in [0.29, 0.717) is 18.4 Å². The molecule has 0 amide bonds. The number of ether oxygens (including phenoxy) is 1. The van der Waals surface area contributed by atoms with Crippen molar-refractivity contribution in [1.29, 1.82) is 0 Å². The molecule has 0 bridgehead atoms. The number of hydrogen-bond acceptors (Lipinski definition) is 3. The lowest BCUT2D eigenvalue weighted by molar-refractivity contribution is 0.253. The van der Waals surface area contributed by atoms with Gasteiger partial charge in [-0.1, -0.05) is 49.6 Å². The Balaban J connectivity index is 1.72. The van der Waals surface area contributed by atoms with Crippen LogP contribution in [0.15, 0.2) is 30.3 Å². The monoisotopic (exact) mass is 286 g/mol. The van der Waals surface area contributed by atoms with Crippen molar-refractivity contribution in [2.24, 2.45) is 0 Å². The van der Waals surface area contributed by atoms with Crippen LogP contribution in [0.4, 0.5) is 0 Å². The minimum Gasteiger partial charge on any atom is -0.471 e. The van der Waals surface area contributed by atoms with Crippen LogP contribution >= 0.6 is 0 Å². The van der Waals surface area contributed by atoms with E-state index in [1.165, 1.54) is 32.1 Å². The molecule has 4 nitrogen and oxygen atoms in total. The highest BCUT2D eigenvalue weighted by atomic mass is 16.5. The standard InChI is InChI=1S/C17H22N2O2/c20-11-15-16(14-9-5-2-6-10-14)18-19-17(15)21-12-13-7-3-1-4-8-13/h1,3-4,7-8,14,20H,2,5-6,9-12H2,(H,18,19). The molecule has 0 radical (unpaired) electrons. The molecule has 112 valence electrons. The second kappa shape index (κ2) is 6.76. The van der Waals surface area contributed by atoms with Gasteiger partial charge in [0.2, 0.25) is 5.88 Å². The van der Waals surface area contributed by atoms with Gasteiger partial charge in [-0.25, -0.2) is 0 Å². The first kappa shape index (κ1) is 14.1. The molecule has 0 saturated heterocycles. The van der Waals surface area contributed by atoms with Crippen LogP contribution in [-0.4, -0.2) is 15.3 Å². The maximum absolute atomic E-state index is 9.68. The first-order chi connectivity index (χ1) is 10.4. The number of aliphatic hydroxyl groups excluding tert-OH is 1. The number of nitrogens with one attached hydrogen (secondary N) is 1. The van der Waals surface area contributed by atoms with Crippen LogP contribution in [-0.2, 0) is 13.2 Å². The van der Waals surface area contributed by atoms with Gasteiger partial charge in [0.15, 0.2) is 0 Å². The molecule has 2 aromatic rings. The molecule has 21 heavy (non-hydrogen) atoms. The normalized spacial score (nSPS) is 16.0. The number of nitrogens with zero attached hydrogens (tertiary/aromatic N) is 1. The van der Waals surface area contributed by atoms with Crippen LogP contribution in [0.1, 0.15) is 54.8 Å². The molecule has 0 aliphatic heterocycles. The Labute approximate surface area is 125 Å². The number of aromatic nitrogens is 2. The Kier molecular flexibility index (Phi) is 4.55. The smallest absolute Gasteiger partial charge is 0.238 e. The third-order valence-corrected chi connectivity index (χ3v) is 4.25. The summed E-state index contributed by atoms with van der Waals surface area (Å²) in [6, 6.07) is 10.0. The summed E-state index contributed by atoms with van der Waals surface area (Å²) in [6.07, 6.45) is 6.18. The molecule has 1 heterocycles. The summed E-state index contributed by atoms with van der Waals surface area (Å²) >= 11 is 0.